The maximum absolute atomic E-state index is 11.4. The quantitative estimate of drug-likeness (QED) is 0.455. The normalized spacial score (nSPS) is 16.2. The summed E-state index contributed by atoms with van der Waals surface area (Å²) in [5.41, 5.74) is 1.86. The molecule has 0 spiro atoms. The van der Waals surface area contributed by atoms with E-state index in [9.17, 15) is 25.3 Å². The lowest BCUT2D eigenvalue weighted by atomic mass is 10.00. The first-order valence-corrected chi connectivity index (χ1v) is 10.1. The Bertz CT molecular complexity index is 1170. The Balaban J connectivity index is 1.80. The summed E-state index contributed by atoms with van der Waals surface area (Å²) in [4.78, 5) is 23.9. The molecule has 166 valence electrons. The number of ether oxygens (including phenoxy) is 1. The summed E-state index contributed by atoms with van der Waals surface area (Å²) in [6.07, 6.45) is 2.77. The number of phenolic OH excluding ortho intramolecular Hbond substituents is 1. The first-order chi connectivity index (χ1) is 15.4. The number of phenols is 1. The highest BCUT2D eigenvalue weighted by atomic mass is 16.6. The average molecular weight is 438 g/mol. The van der Waals surface area contributed by atoms with Crippen LogP contribution in [0.3, 0.4) is 0 Å². The molecule has 10 nitrogen and oxygen atoms in total. The molecule has 2 heterocycles. The summed E-state index contributed by atoms with van der Waals surface area (Å²) in [5, 5.41) is 33.4. The van der Waals surface area contributed by atoms with Gasteiger partial charge in [-0.25, -0.2) is 0 Å². The second kappa shape index (κ2) is 8.67. The van der Waals surface area contributed by atoms with Gasteiger partial charge in [0.05, 0.1) is 29.1 Å². The molecule has 1 aliphatic rings. The lowest BCUT2D eigenvalue weighted by molar-refractivity contribution is -0.385. The lowest BCUT2D eigenvalue weighted by Gasteiger charge is -2.31. The number of hydrogen-bond donors (Lipinski definition) is 1. The monoisotopic (exact) mass is 438 g/mol. The molecular weight excluding hydrogens is 416 g/mol. The fourth-order valence-corrected chi connectivity index (χ4v) is 4.25. The van der Waals surface area contributed by atoms with Gasteiger partial charge in [-0.05, 0) is 24.1 Å². The number of nitrogens with zero attached hydrogens (tertiary/aromatic N) is 4. The third kappa shape index (κ3) is 4.00. The minimum Gasteiger partial charge on any atom is -0.504 e. The number of nitro benzene ring substituents is 2. The Labute approximate surface area is 183 Å². The molecule has 2 aromatic carbocycles. The lowest BCUT2D eigenvalue weighted by Crippen LogP contribution is -2.29. The molecule has 0 bridgehead atoms. The third-order valence-electron chi connectivity index (χ3n) is 5.69. The van der Waals surface area contributed by atoms with Crippen LogP contribution >= 0.6 is 0 Å². The van der Waals surface area contributed by atoms with Gasteiger partial charge in [-0.15, -0.1) is 0 Å². The van der Waals surface area contributed by atoms with Gasteiger partial charge in [0.1, 0.15) is 0 Å². The summed E-state index contributed by atoms with van der Waals surface area (Å²) in [7, 11) is 1.34. The molecule has 1 N–H and O–H groups in total. The van der Waals surface area contributed by atoms with Crippen molar-refractivity contribution in [2.45, 2.75) is 25.6 Å². The van der Waals surface area contributed by atoms with E-state index in [-0.39, 0.29) is 35.5 Å². The number of fused-ring (bicyclic) bond motifs is 1. The zero-order valence-corrected chi connectivity index (χ0v) is 17.4. The predicted octanol–water partition coefficient (Wildman–Crippen LogP) is 4.01. The van der Waals surface area contributed by atoms with E-state index in [4.69, 9.17) is 4.74 Å². The van der Waals surface area contributed by atoms with Crippen molar-refractivity contribution in [1.29, 1.82) is 0 Å². The van der Waals surface area contributed by atoms with Gasteiger partial charge in [0, 0.05) is 55.3 Å². The Morgan fingerprint density at radius 3 is 2.56 bits per heavy atom. The molecule has 0 aliphatic carbocycles. The van der Waals surface area contributed by atoms with Crippen LogP contribution in [-0.4, -0.2) is 38.1 Å². The van der Waals surface area contributed by atoms with Crippen molar-refractivity contribution >= 4 is 11.4 Å². The Kier molecular flexibility index (Phi) is 5.78. The highest BCUT2D eigenvalue weighted by Crippen LogP contribution is 2.39. The fraction of sp³-hybridized carbons (Fsp3) is 0.273. The fourth-order valence-electron chi connectivity index (χ4n) is 4.25. The number of aromatic nitrogens is 1. The van der Waals surface area contributed by atoms with Crippen molar-refractivity contribution in [3.8, 4) is 11.5 Å². The van der Waals surface area contributed by atoms with Crippen LogP contribution in [0.5, 0.6) is 11.5 Å². The van der Waals surface area contributed by atoms with Crippen LogP contribution in [0.2, 0.25) is 0 Å². The number of aromatic hydroxyl groups is 1. The highest BCUT2D eigenvalue weighted by molar-refractivity contribution is 5.53. The summed E-state index contributed by atoms with van der Waals surface area (Å²) >= 11 is 0. The van der Waals surface area contributed by atoms with E-state index >= 15 is 0 Å². The Morgan fingerprint density at radius 2 is 1.84 bits per heavy atom. The van der Waals surface area contributed by atoms with Crippen molar-refractivity contribution in [3.05, 3.63) is 91.8 Å². The standard InChI is InChI=1S/C22H22N4O6/c1-32-20-13-18(26(30)31)12-16(22(20)27)14-24-10-4-9-23-8-3-7-19(23)21(24)15-5-2-6-17(11-15)25(28)29/h2-3,5-8,11-13,21,27H,4,9-10,14H2,1H3. The number of nitro groups is 2. The predicted molar refractivity (Wildman–Crippen MR) is 116 cm³/mol. The van der Waals surface area contributed by atoms with Crippen LogP contribution in [0, 0.1) is 20.2 Å². The van der Waals surface area contributed by atoms with Gasteiger partial charge >= 0.3 is 0 Å². The Hall–Kier alpha value is -3.92. The van der Waals surface area contributed by atoms with Crippen molar-refractivity contribution in [2.75, 3.05) is 13.7 Å². The van der Waals surface area contributed by atoms with Gasteiger partial charge in [-0.1, -0.05) is 12.1 Å². The van der Waals surface area contributed by atoms with E-state index in [0.29, 0.717) is 12.1 Å². The second-order valence-corrected chi connectivity index (χ2v) is 7.62. The van der Waals surface area contributed by atoms with Gasteiger partial charge < -0.3 is 14.4 Å². The van der Waals surface area contributed by atoms with E-state index < -0.39 is 9.85 Å². The summed E-state index contributed by atoms with van der Waals surface area (Å²) < 4.78 is 7.24. The zero-order chi connectivity index (χ0) is 22.8. The Morgan fingerprint density at radius 1 is 1.06 bits per heavy atom. The van der Waals surface area contributed by atoms with Crippen LogP contribution < -0.4 is 4.74 Å². The molecule has 0 amide bonds. The molecule has 10 heteroatoms. The van der Waals surface area contributed by atoms with Crippen LogP contribution in [0.15, 0.2) is 54.7 Å². The average Bonchev–Trinajstić information content (AvgIpc) is 3.16. The first kappa shape index (κ1) is 21.3. The zero-order valence-electron chi connectivity index (χ0n) is 17.4. The molecule has 0 saturated heterocycles. The molecule has 1 unspecified atom stereocenters. The minimum absolute atomic E-state index is 0.00957. The van der Waals surface area contributed by atoms with Crippen LogP contribution in [0.25, 0.3) is 0 Å². The third-order valence-corrected chi connectivity index (χ3v) is 5.69. The molecule has 3 aromatic rings. The summed E-state index contributed by atoms with van der Waals surface area (Å²) in [6, 6.07) is 12.6. The van der Waals surface area contributed by atoms with Crippen LogP contribution in [0.4, 0.5) is 11.4 Å². The van der Waals surface area contributed by atoms with Crippen LogP contribution in [-0.2, 0) is 13.1 Å². The smallest absolute Gasteiger partial charge is 0.273 e. The van der Waals surface area contributed by atoms with Gasteiger partial charge in [-0.3, -0.25) is 25.1 Å². The number of hydrogen-bond acceptors (Lipinski definition) is 7. The van der Waals surface area contributed by atoms with E-state index in [1.165, 1.54) is 25.3 Å². The maximum atomic E-state index is 11.4. The molecule has 4 rings (SSSR count). The first-order valence-electron chi connectivity index (χ1n) is 10.1. The second-order valence-electron chi connectivity index (χ2n) is 7.62. The molecule has 0 fully saturated rings. The number of methoxy groups -OCH3 is 1. The number of rotatable bonds is 6. The number of aryl methyl sites for hydroxylation is 1. The molecule has 0 radical (unpaired) electrons. The molecule has 0 saturated carbocycles. The number of benzene rings is 2. The van der Waals surface area contributed by atoms with Crippen molar-refractivity contribution < 1.29 is 19.7 Å². The van der Waals surface area contributed by atoms with Crippen molar-refractivity contribution in [3.63, 3.8) is 0 Å². The maximum Gasteiger partial charge on any atom is 0.273 e. The van der Waals surface area contributed by atoms with Gasteiger partial charge in [0.2, 0.25) is 0 Å². The van der Waals surface area contributed by atoms with E-state index in [2.05, 4.69) is 9.47 Å². The molecule has 1 aliphatic heterocycles. The van der Waals surface area contributed by atoms with Gasteiger partial charge in [0.25, 0.3) is 11.4 Å². The largest absolute Gasteiger partial charge is 0.504 e. The summed E-state index contributed by atoms with van der Waals surface area (Å²) in [6.45, 7) is 1.59. The van der Waals surface area contributed by atoms with Gasteiger partial charge in [0.15, 0.2) is 11.5 Å². The molecule has 1 aromatic heterocycles. The molecular formula is C22H22N4O6. The SMILES string of the molecule is COc1cc([N+](=O)[O-])cc(CN2CCCn3cccc3C2c2cccc([N+](=O)[O-])c2)c1O. The molecule has 1 atom stereocenters. The van der Waals surface area contributed by atoms with Crippen molar-refractivity contribution in [1.82, 2.24) is 9.47 Å². The van der Waals surface area contributed by atoms with E-state index in [1.807, 2.05) is 24.4 Å². The van der Waals surface area contributed by atoms with Crippen LogP contribution in [0.1, 0.15) is 29.3 Å². The minimum atomic E-state index is -0.531. The van der Waals surface area contributed by atoms with Gasteiger partial charge in [-0.2, -0.15) is 0 Å². The molecule has 32 heavy (non-hydrogen) atoms. The highest BCUT2D eigenvalue weighted by Gasteiger charge is 2.30. The van der Waals surface area contributed by atoms with Crippen molar-refractivity contribution in [2.24, 2.45) is 0 Å². The number of non-ortho nitro benzene ring substituents is 2. The topological polar surface area (TPSA) is 124 Å². The summed E-state index contributed by atoms with van der Waals surface area (Å²) in [5.74, 6) is -0.130. The van der Waals surface area contributed by atoms with E-state index in [1.54, 1.807) is 12.1 Å². The van der Waals surface area contributed by atoms with E-state index in [0.717, 1.165) is 24.2 Å².